The number of imide groups is 1. The molecule has 0 spiro atoms. The maximum atomic E-state index is 12.4. The molecule has 0 bridgehead atoms. The molecule has 8 heteroatoms. The normalized spacial score (nSPS) is 17.8. The van der Waals surface area contributed by atoms with Crippen LogP contribution in [-0.4, -0.2) is 44.9 Å². The number of imidazole rings is 1. The number of amides is 3. The summed E-state index contributed by atoms with van der Waals surface area (Å²) >= 11 is 1.20. The van der Waals surface area contributed by atoms with Crippen LogP contribution < -0.4 is 4.90 Å². The number of thioether (sulfide) groups is 1. The van der Waals surface area contributed by atoms with Gasteiger partial charge in [0.25, 0.3) is 0 Å². The molecule has 0 aromatic carbocycles. The summed E-state index contributed by atoms with van der Waals surface area (Å²) in [5.41, 5.74) is 3.23. The Kier molecular flexibility index (Phi) is 3.79. The van der Waals surface area contributed by atoms with Crippen molar-refractivity contribution in [2.75, 3.05) is 18.5 Å². The second kappa shape index (κ2) is 5.87. The molecule has 0 atom stereocenters. The summed E-state index contributed by atoms with van der Waals surface area (Å²) in [6.07, 6.45) is 6.21. The van der Waals surface area contributed by atoms with E-state index < -0.39 is 0 Å². The molecule has 0 radical (unpaired) electrons. The van der Waals surface area contributed by atoms with Crippen molar-refractivity contribution >= 4 is 40.2 Å². The lowest BCUT2D eigenvalue weighted by atomic mass is 10.1. The third kappa shape index (κ3) is 2.90. The van der Waals surface area contributed by atoms with E-state index in [1.807, 2.05) is 22.9 Å². The van der Waals surface area contributed by atoms with E-state index >= 15 is 0 Å². The Labute approximate surface area is 149 Å². The first kappa shape index (κ1) is 16.1. The van der Waals surface area contributed by atoms with Crippen LogP contribution in [0.15, 0.2) is 18.5 Å². The highest BCUT2D eigenvalue weighted by Crippen LogP contribution is 2.42. The molecule has 1 saturated heterocycles. The molecule has 2 fully saturated rings. The highest BCUT2D eigenvalue weighted by Gasteiger charge is 2.36. The number of anilines is 1. The van der Waals surface area contributed by atoms with Crippen LogP contribution in [0.1, 0.15) is 36.9 Å². The third-order valence-electron chi connectivity index (χ3n) is 4.55. The van der Waals surface area contributed by atoms with Crippen LogP contribution in [0.2, 0.25) is 0 Å². The van der Waals surface area contributed by atoms with Gasteiger partial charge in [0.2, 0.25) is 5.91 Å². The van der Waals surface area contributed by atoms with E-state index in [1.165, 1.54) is 30.6 Å². The average molecular weight is 358 g/mol. The molecule has 4 rings (SSSR count). The van der Waals surface area contributed by atoms with E-state index in [4.69, 9.17) is 0 Å². The zero-order valence-corrected chi connectivity index (χ0v) is 14.9. The second-order valence-corrected chi connectivity index (χ2v) is 7.65. The van der Waals surface area contributed by atoms with Gasteiger partial charge in [0.15, 0.2) is 10.8 Å². The van der Waals surface area contributed by atoms with Crippen molar-refractivity contribution in [3.63, 3.8) is 0 Å². The van der Waals surface area contributed by atoms with Crippen molar-refractivity contribution in [1.29, 1.82) is 0 Å². The number of hydrogen-bond acceptors (Lipinski definition) is 5. The number of aromatic nitrogens is 2. The van der Waals surface area contributed by atoms with E-state index in [0.717, 1.165) is 29.0 Å². The number of urea groups is 1. The maximum Gasteiger partial charge on any atom is 0.331 e. The molecule has 1 aliphatic carbocycles. The van der Waals surface area contributed by atoms with Crippen LogP contribution in [0.4, 0.5) is 10.5 Å². The lowest BCUT2D eigenvalue weighted by molar-refractivity contribution is -0.123. The van der Waals surface area contributed by atoms with E-state index in [1.54, 1.807) is 0 Å². The second-order valence-electron chi connectivity index (χ2n) is 6.50. The summed E-state index contributed by atoms with van der Waals surface area (Å²) < 4.78 is 1.91. The highest BCUT2D eigenvalue weighted by molar-refractivity contribution is 8.12. The molecule has 2 aromatic rings. The number of carbonyl (C=O) groups excluding carboxylic acids is 3. The fraction of sp³-hybridized carbons (Fsp3) is 0.412. The minimum Gasteiger partial charge on any atom is -0.305 e. The summed E-state index contributed by atoms with van der Waals surface area (Å²) in [5, 5.41) is 0.0397. The summed E-state index contributed by atoms with van der Waals surface area (Å²) in [6, 6.07) is 1.65. The lowest BCUT2D eigenvalue weighted by Crippen LogP contribution is -2.30. The van der Waals surface area contributed by atoms with Crippen LogP contribution in [0.3, 0.4) is 0 Å². The Hall–Kier alpha value is -2.35. The Morgan fingerprint density at radius 3 is 2.68 bits per heavy atom. The quantitative estimate of drug-likeness (QED) is 0.785. The van der Waals surface area contributed by atoms with Gasteiger partial charge in [0, 0.05) is 32.1 Å². The van der Waals surface area contributed by atoms with Gasteiger partial charge >= 0.3 is 6.03 Å². The first-order valence-electron chi connectivity index (χ1n) is 8.17. The number of nitrogens with zero attached hydrogens (tertiary/aromatic N) is 4. The molecule has 3 heterocycles. The topological polar surface area (TPSA) is 75.0 Å². The molecule has 0 N–H and O–H groups in total. The van der Waals surface area contributed by atoms with Gasteiger partial charge in [-0.05, 0) is 30.4 Å². The zero-order valence-electron chi connectivity index (χ0n) is 14.1. The van der Waals surface area contributed by atoms with Gasteiger partial charge in [-0.1, -0.05) is 11.8 Å². The fourth-order valence-corrected chi connectivity index (χ4v) is 3.51. The molecule has 3 amide bonds. The van der Waals surface area contributed by atoms with Crippen LogP contribution in [0, 0.1) is 0 Å². The van der Waals surface area contributed by atoms with Gasteiger partial charge in [-0.25, -0.2) is 9.78 Å². The molecular formula is C17H18N4O3S. The predicted octanol–water partition coefficient (Wildman–Crippen LogP) is 2.39. The van der Waals surface area contributed by atoms with Gasteiger partial charge in [-0.3, -0.25) is 19.4 Å². The molecular weight excluding hydrogens is 340 g/mol. The van der Waals surface area contributed by atoms with Crippen LogP contribution >= 0.6 is 11.8 Å². The number of carbonyl (C=O) groups is 3. The summed E-state index contributed by atoms with van der Waals surface area (Å²) in [6.45, 7) is 1.56. The van der Waals surface area contributed by atoms with Crippen molar-refractivity contribution in [3.8, 4) is 0 Å². The van der Waals surface area contributed by atoms with Gasteiger partial charge in [-0.15, -0.1) is 0 Å². The number of likely N-dealkylation sites (N-methyl/N-ethyl adjacent to an activating group) is 1. The molecule has 2 aliphatic rings. The predicted molar refractivity (Wildman–Crippen MR) is 94.7 cm³/mol. The Bertz CT molecular complexity index is 903. The molecule has 0 unspecified atom stereocenters. The Morgan fingerprint density at radius 2 is 2.08 bits per heavy atom. The van der Waals surface area contributed by atoms with E-state index in [0.29, 0.717) is 23.0 Å². The van der Waals surface area contributed by atoms with Crippen molar-refractivity contribution in [1.82, 2.24) is 14.3 Å². The minimum atomic E-state index is -0.331. The Morgan fingerprint density at radius 1 is 1.32 bits per heavy atom. The van der Waals surface area contributed by atoms with E-state index in [2.05, 4.69) is 4.98 Å². The molecule has 130 valence electrons. The van der Waals surface area contributed by atoms with Crippen molar-refractivity contribution in [2.24, 2.45) is 0 Å². The van der Waals surface area contributed by atoms with Gasteiger partial charge in [0.1, 0.15) is 6.54 Å². The van der Waals surface area contributed by atoms with E-state index in [-0.39, 0.29) is 23.6 Å². The van der Waals surface area contributed by atoms with Crippen molar-refractivity contribution in [3.05, 3.63) is 29.7 Å². The average Bonchev–Trinajstić information content (AvgIpc) is 3.29. The smallest absolute Gasteiger partial charge is 0.305 e. The molecule has 1 aliphatic heterocycles. The fourth-order valence-electron chi connectivity index (χ4n) is 3.02. The van der Waals surface area contributed by atoms with Crippen molar-refractivity contribution < 1.29 is 14.4 Å². The van der Waals surface area contributed by atoms with E-state index in [9.17, 15) is 14.4 Å². The molecule has 25 heavy (non-hydrogen) atoms. The lowest BCUT2D eigenvalue weighted by Gasteiger charge is -2.17. The van der Waals surface area contributed by atoms with Crippen LogP contribution in [0.25, 0.3) is 5.65 Å². The van der Waals surface area contributed by atoms with Gasteiger partial charge in [-0.2, -0.15) is 0 Å². The first-order valence-corrected chi connectivity index (χ1v) is 9.15. The highest BCUT2D eigenvalue weighted by atomic mass is 32.2. The number of rotatable bonds is 4. The molecule has 1 saturated carbocycles. The van der Waals surface area contributed by atoms with Crippen molar-refractivity contribution in [2.45, 2.75) is 31.4 Å². The summed E-state index contributed by atoms with van der Waals surface area (Å²) in [4.78, 5) is 42.8. The first-order chi connectivity index (χ1) is 11.9. The molecule has 7 nitrogen and oxygen atoms in total. The number of fused-ring (bicyclic) bond motifs is 1. The Balaban J connectivity index is 1.79. The molecule has 2 aromatic heterocycles. The summed E-state index contributed by atoms with van der Waals surface area (Å²) in [7, 11) is 1.49. The maximum absolute atomic E-state index is 12.4. The number of pyridine rings is 1. The number of hydrogen-bond donors (Lipinski definition) is 0. The van der Waals surface area contributed by atoms with Crippen LogP contribution in [0.5, 0.6) is 0 Å². The van der Waals surface area contributed by atoms with Crippen LogP contribution in [-0.2, 0) is 15.3 Å². The standard InChI is InChI=1S/C17H18N4O3S/c1-10(22)25-9-13-7-20-6-12(11-3-4-11)5-14(16(20)18-13)21-8-15(23)19(2)17(21)24/h5-7,11H,3-4,8-9H2,1-2H3. The van der Waals surface area contributed by atoms with Gasteiger partial charge in [0.05, 0.1) is 11.4 Å². The zero-order chi connectivity index (χ0) is 17.7. The largest absolute Gasteiger partial charge is 0.331 e. The minimum absolute atomic E-state index is 0.0313. The SMILES string of the molecule is CC(=O)SCc1cn2cc(C3CC3)cc(N3CC(=O)N(C)C3=O)c2n1. The van der Waals surface area contributed by atoms with Gasteiger partial charge < -0.3 is 4.40 Å². The monoisotopic (exact) mass is 358 g/mol. The summed E-state index contributed by atoms with van der Waals surface area (Å²) in [5.74, 6) is 0.771. The third-order valence-corrected chi connectivity index (χ3v) is 5.40.